The fraction of sp³-hybridized carbons (Fsp3) is 0.562. The standard InChI is InChI=1S/C16H23NO2/c1-11-6-4-5-7-15(11)17(3)13-8-9-14(16(18)19)12(2)10-13/h8-11,15H,4-7H2,1-3H3,(H,18,19). The summed E-state index contributed by atoms with van der Waals surface area (Å²) >= 11 is 0. The van der Waals surface area contributed by atoms with Crippen LogP contribution in [-0.2, 0) is 0 Å². The van der Waals surface area contributed by atoms with Gasteiger partial charge in [0.15, 0.2) is 0 Å². The monoisotopic (exact) mass is 261 g/mol. The van der Waals surface area contributed by atoms with Gasteiger partial charge in [0.25, 0.3) is 0 Å². The van der Waals surface area contributed by atoms with Crippen molar-refractivity contribution in [3.63, 3.8) is 0 Å². The first-order valence-electron chi connectivity index (χ1n) is 7.07. The van der Waals surface area contributed by atoms with E-state index >= 15 is 0 Å². The van der Waals surface area contributed by atoms with Crippen LogP contribution < -0.4 is 4.90 Å². The van der Waals surface area contributed by atoms with Crippen LogP contribution in [0.15, 0.2) is 18.2 Å². The van der Waals surface area contributed by atoms with E-state index in [0.717, 1.165) is 11.3 Å². The molecule has 0 aromatic heterocycles. The molecule has 1 aromatic carbocycles. The van der Waals surface area contributed by atoms with Crippen molar-refractivity contribution in [2.24, 2.45) is 5.92 Å². The molecule has 0 spiro atoms. The predicted octanol–water partition coefficient (Wildman–Crippen LogP) is 3.71. The Morgan fingerprint density at radius 2 is 2.00 bits per heavy atom. The van der Waals surface area contributed by atoms with E-state index in [4.69, 9.17) is 5.11 Å². The molecule has 1 aliphatic carbocycles. The Morgan fingerprint density at radius 1 is 1.32 bits per heavy atom. The van der Waals surface area contributed by atoms with Crippen LogP contribution in [0.3, 0.4) is 0 Å². The van der Waals surface area contributed by atoms with Crippen LogP contribution in [0.5, 0.6) is 0 Å². The average Bonchev–Trinajstić information content (AvgIpc) is 2.38. The summed E-state index contributed by atoms with van der Waals surface area (Å²) < 4.78 is 0. The molecule has 19 heavy (non-hydrogen) atoms. The van der Waals surface area contributed by atoms with Crippen LogP contribution >= 0.6 is 0 Å². The zero-order chi connectivity index (χ0) is 14.0. The van der Waals surface area contributed by atoms with Crippen LogP contribution in [0.25, 0.3) is 0 Å². The number of anilines is 1. The Labute approximate surface area is 115 Å². The maximum absolute atomic E-state index is 11.0. The Balaban J connectivity index is 2.21. The van der Waals surface area contributed by atoms with Crippen LogP contribution in [0.2, 0.25) is 0 Å². The van der Waals surface area contributed by atoms with Crippen molar-refractivity contribution in [3.05, 3.63) is 29.3 Å². The van der Waals surface area contributed by atoms with Gasteiger partial charge in [-0.1, -0.05) is 19.8 Å². The van der Waals surface area contributed by atoms with E-state index in [1.54, 1.807) is 6.07 Å². The van der Waals surface area contributed by atoms with Crippen LogP contribution in [-0.4, -0.2) is 24.2 Å². The molecule has 0 aliphatic heterocycles. The quantitative estimate of drug-likeness (QED) is 0.901. The number of carboxylic acids is 1. The van der Waals surface area contributed by atoms with Crippen LogP contribution in [0.4, 0.5) is 5.69 Å². The van der Waals surface area contributed by atoms with Gasteiger partial charge in [-0.25, -0.2) is 4.79 Å². The van der Waals surface area contributed by atoms with E-state index in [1.807, 2.05) is 19.1 Å². The van der Waals surface area contributed by atoms with E-state index in [9.17, 15) is 4.79 Å². The lowest BCUT2D eigenvalue weighted by molar-refractivity contribution is 0.0696. The SMILES string of the molecule is Cc1cc(N(C)C2CCCCC2C)ccc1C(=O)O. The number of nitrogens with zero attached hydrogens (tertiary/aromatic N) is 1. The Kier molecular flexibility index (Phi) is 4.13. The van der Waals surface area contributed by atoms with Crippen molar-refractivity contribution < 1.29 is 9.90 Å². The average molecular weight is 261 g/mol. The third-order valence-electron chi connectivity index (χ3n) is 4.41. The molecule has 3 heteroatoms. The first kappa shape index (κ1) is 13.9. The summed E-state index contributed by atoms with van der Waals surface area (Å²) in [7, 11) is 2.13. The highest BCUT2D eigenvalue weighted by atomic mass is 16.4. The normalized spacial score (nSPS) is 23.1. The zero-order valence-corrected chi connectivity index (χ0v) is 12.0. The largest absolute Gasteiger partial charge is 0.478 e. The highest BCUT2D eigenvalue weighted by molar-refractivity contribution is 5.89. The Hall–Kier alpha value is -1.51. The number of benzene rings is 1. The van der Waals surface area contributed by atoms with Gasteiger partial charge in [0, 0.05) is 18.8 Å². The first-order valence-corrected chi connectivity index (χ1v) is 7.07. The minimum Gasteiger partial charge on any atom is -0.478 e. The molecule has 0 heterocycles. The van der Waals surface area contributed by atoms with E-state index in [2.05, 4.69) is 18.9 Å². The molecule has 2 atom stereocenters. The second kappa shape index (κ2) is 5.64. The van der Waals surface area contributed by atoms with Crippen molar-refractivity contribution in [2.45, 2.75) is 45.6 Å². The molecule has 1 fully saturated rings. The number of rotatable bonds is 3. The molecular weight excluding hydrogens is 238 g/mol. The third-order valence-corrected chi connectivity index (χ3v) is 4.41. The van der Waals surface area contributed by atoms with Gasteiger partial charge in [0.2, 0.25) is 0 Å². The molecule has 1 aromatic rings. The minimum atomic E-state index is -0.849. The van der Waals surface area contributed by atoms with E-state index in [1.165, 1.54) is 25.7 Å². The second-order valence-corrected chi connectivity index (χ2v) is 5.74. The number of hydrogen-bond acceptors (Lipinski definition) is 2. The number of carbonyl (C=O) groups is 1. The smallest absolute Gasteiger partial charge is 0.335 e. The van der Waals surface area contributed by atoms with Gasteiger partial charge in [-0.2, -0.15) is 0 Å². The lowest BCUT2D eigenvalue weighted by Crippen LogP contribution is -2.39. The summed E-state index contributed by atoms with van der Waals surface area (Å²) in [6, 6.07) is 6.21. The Morgan fingerprint density at radius 3 is 2.58 bits per heavy atom. The van der Waals surface area contributed by atoms with Gasteiger partial charge in [-0.05, 0) is 49.4 Å². The van der Waals surface area contributed by atoms with Gasteiger partial charge >= 0.3 is 5.97 Å². The minimum absolute atomic E-state index is 0.397. The first-order chi connectivity index (χ1) is 9.00. The lowest BCUT2D eigenvalue weighted by Gasteiger charge is -2.38. The van der Waals surface area contributed by atoms with E-state index in [0.29, 0.717) is 17.5 Å². The van der Waals surface area contributed by atoms with Crippen molar-refractivity contribution in [3.8, 4) is 0 Å². The molecule has 0 saturated heterocycles. The fourth-order valence-electron chi connectivity index (χ4n) is 3.17. The number of aromatic carboxylic acids is 1. The van der Waals surface area contributed by atoms with Gasteiger partial charge in [-0.15, -0.1) is 0 Å². The summed E-state index contributed by atoms with van der Waals surface area (Å²) in [4.78, 5) is 13.4. The van der Waals surface area contributed by atoms with Gasteiger partial charge in [-0.3, -0.25) is 0 Å². The van der Waals surface area contributed by atoms with E-state index < -0.39 is 5.97 Å². The second-order valence-electron chi connectivity index (χ2n) is 5.74. The van der Waals surface area contributed by atoms with Gasteiger partial charge in [0.1, 0.15) is 0 Å². The Bertz CT molecular complexity index is 470. The van der Waals surface area contributed by atoms with E-state index in [-0.39, 0.29) is 0 Å². The molecule has 2 rings (SSSR count). The third kappa shape index (κ3) is 2.91. The summed E-state index contributed by atoms with van der Waals surface area (Å²) in [5, 5.41) is 9.07. The fourth-order valence-corrected chi connectivity index (χ4v) is 3.17. The summed E-state index contributed by atoms with van der Waals surface area (Å²) in [5.74, 6) is -0.143. The maximum Gasteiger partial charge on any atom is 0.335 e. The molecule has 1 aliphatic rings. The molecule has 0 amide bonds. The van der Waals surface area contributed by atoms with Crippen molar-refractivity contribution in [1.82, 2.24) is 0 Å². The highest BCUT2D eigenvalue weighted by Crippen LogP contribution is 2.31. The predicted molar refractivity (Wildman–Crippen MR) is 78.0 cm³/mol. The highest BCUT2D eigenvalue weighted by Gasteiger charge is 2.25. The summed E-state index contributed by atoms with van der Waals surface area (Å²) in [6.07, 6.45) is 5.16. The summed E-state index contributed by atoms with van der Waals surface area (Å²) in [5.41, 5.74) is 2.36. The molecule has 1 N–H and O–H groups in total. The number of carboxylic acid groups (broad SMARTS) is 1. The van der Waals surface area contributed by atoms with Crippen molar-refractivity contribution in [1.29, 1.82) is 0 Å². The van der Waals surface area contributed by atoms with Crippen LogP contribution in [0, 0.1) is 12.8 Å². The molecule has 2 unspecified atom stereocenters. The molecular formula is C16H23NO2. The zero-order valence-electron chi connectivity index (χ0n) is 12.0. The number of aryl methyl sites for hydroxylation is 1. The maximum atomic E-state index is 11.0. The molecule has 104 valence electrons. The lowest BCUT2D eigenvalue weighted by atomic mass is 9.85. The molecule has 1 saturated carbocycles. The van der Waals surface area contributed by atoms with Gasteiger partial charge < -0.3 is 10.0 Å². The van der Waals surface area contributed by atoms with Crippen molar-refractivity contribution >= 4 is 11.7 Å². The molecule has 3 nitrogen and oxygen atoms in total. The summed E-state index contributed by atoms with van der Waals surface area (Å²) in [6.45, 7) is 4.18. The number of hydrogen-bond donors (Lipinski definition) is 1. The van der Waals surface area contributed by atoms with Crippen molar-refractivity contribution in [2.75, 3.05) is 11.9 Å². The molecule has 0 radical (unpaired) electrons. The topological polar surface area (TPSA) is 40.5 Å². The molecule has 0 bridgehead atoms. The van der Waals surface area contributed by atoms with Gasteiger partial charge in [0.05, 0.1) is 5.56 Å². The van der Waals surface area contributed by atoms with Crippen LogP contribution in [0.1, 0.15) is 48.5 Å².